The first-order valence-corrected chi connectivity index (χ1v) is 3.68. The minimum absolute atomic E-state index is 0.0357. The monoisotopic (exact) mass is 195 g/mol. The fraction of sp³-hybridized carbons (Fsp3) is 0.667. The second kappa shape index (κ2) is 3.33. The molecule has 0 bridgehead atoms. The summed E-state index contributed by atoms with van der Waals surface area (Å²) in [6, 6.07) is 0. The van der Waals surface area contributed by atoms with Crippen LogP contribution in [-0.4, -0.2) is 42.1 Å². The summed E-state index contributed by atoms with van der Waals surface area (Å²) in [6.07, 6.45) is -4.62. The quantitative estimate of drug-likeness (QED) is 0.277. The predicted octanol–water partition coefficient (Wildman–Crippen LogP) is -0.501. The first-order valence-electron chi connectivity index (χ1n) is 3.68. The largest absolute Gasteiger partial charge is 0.481 e. The number of hydrogen-bond donors (Lipinski definition) is 3. The van der Waals surface area contributed by atoms with E-state index in [-0.39, 0.29) is 18.9 Å². The normalized spacial score (nSPS) is 19.0. The molecule has 13 heavy (non-hydrogen) atoms. The molecule has 0 saturated heterocycles. The van der Waals surface area contributed by atoms with Gasteiger partial charge < -0.3 is 11.1 Å². The van der Waals surface area contributed by atoms with Crippen molar-refractivity contribution in [2.75, 3.05) is 19.6 Å². The van der Waals surface area contributed by atoms with Crippen molar-refractivity contribution >= 4 is 11.7 Å². The fourth-order valence-corrected chi connectivity index (χ4v) is 1.05. The Hall–Kier alpha value is -1.11. The Morgan fingerprint density at radius 1 is 1.54 bits per heavy atom. The van der Waals surface area contributed by atoms with Crippen LogP contribution in [0.2, 0.25) is 0 Å². The first kappa shape index (κ1) is 9.97. The van der Waals surface area contributed by atoms with E-state index >= 15 is 0 Å². The van der Waals surface area contributed by atoms with E-state index in [1.54, 1.807) is 0 Å². The maximum atomic E-state index is 12.1. The predicted molar refractivity (Wildman–Crippen MR) is 41.0 cm³/mol. The molecule has 1 aliphatic heterocycles. The third kappa shape index (κ3) is 2.18. The second-order valence-electron chi connectivity index (χ2n) is 2.67. The third-order valence-electron chi connectivity index (χ3n) is 1.70. The van der Waals surface area contributed by atoms with Crippen LogP contribution in [0.15, 0.2) is 0 Å². The Balaban J connectivity index is 2.87. The zero-order chi connectivity index (χ0) is 10.1. The van der Waals surface area contributed by atoms with Crippen LogP contribution in [0.1, 0.15) is 0 Å². The van der Waals surface area contributed by atoms with Crippen molar-refractivity contribution in [2.45, 2.75) is 6.18 Å². The number of alkyl halides is 3. The van der Waals surface area contributed by atoms with Gasteiger partial charge in [-0.3, -0.25) is 0 Å². The zero-order valence-corrected chi connectivity index (χ0v) is 6.78. The third-order valence-corrected chi connectivity index (χ3v) is 1.70. The molecule has 74 valence electrons. The van der Waals surface area contributed by atoms with Crippen molar-refractivity contribution in [2.24, 2.45) is 5.73 Å². The molecule has 1 rings (SSSR count). The molecule has 7 heteroatoms. The highest BCUT2D eigenvalue weighted by molar-refractivity contribution is 5.87. The summed E-state index contributed by atoms with van der Waals surface area (Å²) in [4.78, 5) is 0. The molecule has 0 aliphatic carbocycles. The lowest BCUT2D eigenvalue weighted by molar-refractivity contribution is -0.433. The highest BCUT2D eigenvalue weighted by Gasteiger charge is 2.43. The summed E-state index contributed by atoms with van der Waals surface area (Å²) < 4.78 is 36.9. The Bertz CT molecular complexity index is 255. The average molecular weight is 195 g/mol. The van der Waals surface area contributed by atoms with Crippen molar-refractivity contribution in [3.05, 3.63) is 0 Å². The molecule has 0 aromatic carbocycles. The van der Waals surface area contributed by atoms with Crippen LogP contribution in [-0.2, 0) is 0 Å². The molecule has 0 atom stereocenters. The topological polar surface area (TPSA) is 64.9 Å². The van der Waals surface area contributed by atoms with Crippen LogP contribution in [0.3, 0.4) is 0 Å². The molecule has 0 fully saturated rings. The minimum atomic E-state index is -4.62. The van der Waals surface area contributed by atoms with E-state index in [9.17, 15) is 13.2 Å². The van der Waals surface area contributed by atoms with Gasteiger partial charge in [-0.1, -0.05) is 0 Å². The van der Waals surface area contributed by atoms with E-state index in [4.69, 9.17) is 11.1 Å². The molecule has 0 amide bonds. The lowest BCUT2D eigenvalue weighted by atomic mass is 10.4. The molecule has 0 spiro atoms. The van der Waals surface area contributed by atoms with Gasteiger partial charge in [0.1, 0.15) is 0 Å². The van der Waals surface area contributed by atoms with Crippen LogP contribution in [0.25, 0.3) is 0 Å². The molecule has 0 radical (unpaired) electrons. The summed E-state index contributed by atoms with van der Waals surface area (Å²) >= 11 is 0. The first-order chi connectivity index (χ1) is 5.93. The van der Waals surface area contributed by atoms with E-state index in [1.807, 2.05) is 0 Å². The van der Waals surface area contributed by atoms with E-state index in [2.05, 4.69) is 5.32 Å². The lowest BCUT2D eigenvalue weighted by Gasteiger charge is -2.17. The Kier molecular flexibility index (Phi) is 2.55. The van der Waals surface area contributed by atoms with Gasteiger partial charge in [-0.05, 0) is 0 Å². The van der Waals surface area contributed by atoms with Gasteiger partial charge in [-0.25, -0.2) is 4.58 Å². The number of nitrogens with one attached hydrogen (secondary N) is 2. The molecule has 0 saturated carbocycles. The standard InChI is InChI=1S/C6H9F3N4/c7-6(8,9)5(11)13-2-1-12-3-4(13)10/h10-12H,1-3H2/p+1. The van der Waals surface area contributed by atoms with Crippen molar-refractivity contribution in [3.8, 4) is 0 Å². The maximum absolute atomic E-state index is 12.1. The van der Waals surface area contributed by atoms with Crippen molar-refractivity contribution in [1.82, 2.24) is 5.32 Å². The van der Waals surface area contributed by atoms with Gasteiger partial charge in [0.2, 0.25) is 5.84 Å². The Morgan fingerprint density at radius 2 is 2.15 bits per heavy atom. The van der Waals surface area contributed by atoms with E-state index < -0.39 is 12.0 Å². The highest BCUT2D eigenvalue weighted by atomic mass is 19.4. The molecule has 0 aromatic rings. The maximum Gasteiger partial charge on any atom is 0.481 e. The molecule has 0 unspecified atom stereocenters. The van der Waals surface area contributed by atoms with Crippen molar-refractivity contribution in [3.63, 3.8) is 0 Å². The van der Waals surface area contributed by atoms with E-state index in [0.717, 1.165) is 4.58 Å². The Labute approximate surface area is 72.7 Å². The fourth-order valence-electron chi connectivity index (χ4n) is 1.05. The zero-order valence-electron chi connectivity index (χ0n) is 6.78. The van der Waals surface area contributed by atoms with Crippen LogP contribution in [0.5, 0.6) is 0 Å². The van der Waals surface area contributed by atoms with Gasteiger partial charge in [0, 0.05) is 6.54 Å². The molecule has 0 aromatic heterocycles. The number of halogens is 3. The van der Waals surface area contributed by atoms with Crippen LogP contribution in [0, 0.1) is 5.41 Å². The summed E-state index contributed by atoms with van der Waals surface area (Å²) in [5.74, 6) is -1.36. The van der Waals surface area contributed by atoms with Gasteiger partial charge in [-0.2, -0.15) is 18.6 Å². The Morgan fingerprint density at radius 3 is 2.62 bits per heavy atom. The second-order valence-corrected chi connectivity index (χ2v) is 2.67. The summed E-state index contributed by atoms with van der Waals surface area (Å²) in [5, 5.41) is 9.64. The van der Waals surface area contributed by atoms with Crippen molar-refractivity contribution in [1.29, 1.82) is 5.41 Å². The van der Waals surface area contributed by atoms with Gasteiger partial charge in [0.15, 0.2) is 0 Å². The van der Waals surface area contributed by atoms with Gasteiger partial charge in [0.25, 0.3) is 0 Å². The molecule has 1 heterocycles. The SMILES string of the molecule is N=C([N+]1=C(N)CNCC1)C(F)(F)F. The summed E-state index contributed by atoms with van der Waals surface area (Å²) in [5.41, 5.74) is 5.32. The minimum Gasteiger partial charge on any atom is -0.321 e. The van der Waals surface area contributed by atoms with Gasteiger partial charge in [0.05, 0.1) is 13.1 Å². The van der Waals surface area contributed by atoms with Crippen LogP contribution in [0.4, 0.5) is 13.2 Å². The number of nitrogens with two attached hydrogens (primary N) is 1. The number of nitrogens with zero attached hydrogens (tertiary/aromatic N) is 1. The molecular formula is C6H10F3N4+. The van der Waals surface area contributed by atoms with Gasteiger partial charge in [-0.15, -0.1) is 0 Å². The average Bonchev–Trinajstić information content (AvgIpc) is 2.02. The molecule has 4 N–H and O–H groups in total. The molecule has 1 aliphatic rings. The van der Waals surface area contributed by atoms with Crippen molar-refractivity contribution < 1.29 is 17.7 Å². The van der Waals surface area contributed by atoms with E-state index in [0.29, 0.717) is 6.54 Å². The smallest absolute Gasteiger partial charge is 0.321 e. The van der Waals surface area contributed by atoms with E-state index in [1.165, 1.54) is 0 Å². The summed E-state index contributed by atoms with van der Waals surface area (Å²) in [6.45, 7) is 0.682. The molecular weight excluding hydrogens is 185 g/mol. The number of rotatable bonds is 0. The highest BCUT2D eigenvalue weighted by Crippen LogP contribution is 2.16. The number of hydrogen-bond acceptors (Lipinski definition) is 3. The van der Waals surface area contributed by atoms with Gasteiger partial charge >= 0.3 is 12.0 Å². The lowest BCUT2D eigenvalue weighted by Crippen LogP contribution is -2.51. The van der Waals surface area contributed by atoms with Crippen LogP contribution < -0.4 is 11.1 Å². The molecule has 4 nitrogen and oxygen atoms in total. The van der Waals surface area contributed by atoms with Crippen LogP contribution >= 0.6 is 0 Å². The summed E-state index contributed by atoms with van der Waals surface area (Å²) in [7, 11) is 0. The number of amidine groups is 2.